The number of allylic oxidation sites excluding steroid dienone is 5. The van der Waals surface area contributed by atoms with Crippen molar-refractivity contribution >= 4 is 16.7 Å². The highest BCUT2D eigenvalue weighted by molar-refractivity contribution is 7.19. The molecular formula is C14H25BNP. The maximum atomic E-state index is 3.89. The van der Waals surface area contributed by atoms with Crippen molar-refractivity contribution in [2.75, 3.05) is 13.1 Å². The molecule has 0 bridgehead atoms. The molecule has 0 amide bonds. The molecule has 0 aromatic carbocycles. The van der Waals surface area contributed by atoms with Crippen LogP contribution in [0.5, 0.6) is 0 Å². The van der Waals surface area contributed by atoms with Gasteiger partial charge in [0.25, 0.3) is 0 Å². The quantitative estimate of drug-likeness (QED) is 0.420. The SMILES string of the molecule is C=C/C(BN1CC[C@@](C)(P)C(C)C1)=C\C=C/C. The van der Waals surface area contributed by atoms with Gasteiger partial charge in [0.2, 0.25) is 7.41 Å². The van der Waals surface area contributed by atoms with Gasteiger partial charge in [0.05, 0.1) is 0 Å². The highest BCUT2D eigenvalue weighted by atomic mass is 31.0. The minimum atomic E-state index is 0.415. The molecule has 17 heavy (non-hydrogen) atoms. The van der Waals surface area contributed by atoms with Gasteiger partial charge in [-0.1, -0.05) is 50.2 Å². The van der Waals surface area contributed by atoms with Crippen molar-refractivity contribution in [1.29, 1.82) is 0 Å². The fourth-order valence-corrected chi connectivity index (χ4v) is 2.37. The topological polar surface area (TPSA) is 3.24 Å². The van der Waals surface area contributed by atoms with E-state index in [1.54, 1.807) is 0 Å². The van der Waals surface area contributed by atoms with Crippen LogP contribution >= 0.6 is 9.24 Å². The van der Waals surface area contributed by atoms with Gasteiger partial charge in [-0.05, 0) is 37.5 Å². The lowest BCUT2D eigenvalue weighted by Gasteiger charge is -2.42. The molecule has 3 heteroatoms. The summed E-state index contributed by atoms with van der Waals surface area (Å²) in [6.07, 6.45) is 9.53. The molecule has 1 nitrogen and oxygen atoms in total. The Morgan fingerprint density at radius 2 is 2.29 bits per heavy atom. The van der Waals surface area contributed by atoms with E-state index < -0.39 is 0 Å². The van der Waals surface area contributed by atoms with Gasteiger partial charge in [0.1, 0.15) is 0 Å². The molecule has 1 aliphatic heterocycles. The van der Waals surface area contributed by atoms with Gasteiger partial charge >= 0.3 is 0 Å². The van der Waals surface area contributed by atoms with Crippen LogP contribution in [0, 0.1) is 5.92 Å². The third-order valence-corrected chi connectivity index (χ3v) is 4.65. The van der Waals surface area contributed by atoms with Gasteiger partial charge in [0.15, 0.2) is 0 Å². The summed E-state index contributed by atoms with van der Waals surface area (Å²) in [7, 11) is 4.06. The Hall–Kier alpha value is -0.325. The Bertz CT molecular complexity index is 320. The molecule has 0 saturated carbocycles. The third kappa shape index (κ3) is 4.45. The number of rotatable bonds is 4. The molecule has 1 saturated heterocycles. The van der Waals surface area contributed by atoms with Crippen molar-refractivity contribution in [3.05, 3.63) is 36.4 Å². The van der Waals surface area contributed by atoms with E-state index >= 15 is 0 Å². The Labute approximate surface area is 110 Å². The van der Waals surface area contributed by atoms with Gasteiger partial charge in [-0.25, -0.2) is 0 Å². The summed E-state index contributed by atoms with van der Waals surface area (Å²) in [6, 6.07) is 0. The molecule has 0 radical (unpaired) electrons. The average molecular weight is 249 g/mol. The lowest BCUT2D eigenvalue weighted by Crippen LogP contribution is -2.47. The first-order chi connectivity index (χ1) is 7.99. The molecular weight excluding hydrogens is 224 g/mol. The molecule has 0 aromatic rings. The predicted molar refractivity (Wildman–Crippen MR) is 83.7 cm³/mol. The monoisotopic (exact) mass is 249 g/mol. The summed E-state index contributed by atoms with van der Waals surface area (Å²) in [5.41, 5.74) is 1.31. The summed E-state index contributed by atoms with van der Waals surface area (Å²) >= 11 is 0. The number of hydrogen-bond acceptors (Lipinski definition) is 1. The standard InChI is InChI=1S/C14H25BNP/c1-5-7-8-13(6-2)15-16-10-9-14(4,17)12(3)11-16/h5-8,12,15H,2,9-11,17H2,1,3-4H3/b7-5-,13-8+/t12?,14-/m1/s1. The van der Waals surface area contributed by atoms with E-state index in [2.05, 4.69) is 52.7 Å². The fraction of sp³-hybridized carbons (Fsp3) is 0.571. The molecule has 0 aliphatic carbocycles. The van der Waals surface area contributed by atoms with Crippen LogP contribution < -0.4 is 0 Å². The largest absolute Gasteiger partial charge is 0.341 e. The van der Waals surface area contributed by atoms with Crippen molar-refractivity contribution in [3.63, 3.8) is 0 Å². The first kappa shape index (κ1) is 14.7. The van der Waals surface area contributed by atoms with Crippen LogP contribution in [-0.2, 0) is 0 Å². The van der Waals surface area contributed by atoms with Crippen molar-refractivity contribution < 1.29 is 0 Å². The summed E-state index contributed by atoms with van der Waals surface area (Å²) < 4.78 is 0. The van der Waals surface area contributed by atoms with E-state index in [1.165, 1.54) is 25.0 Å². The van der Waals surface area contributed by atoms with Crippen molar-refractivity contribution in [2.24, 2.45) is 5.92 Å². The molecule has 2 unspecified atom stereocenters. The number of hydrogen-bond donors (Lipinski definition) is 0. The van der Waals surface area contributed by atoms with Crippen LogP contribution in [0.4, 0.5) is 0 Å². The first-order valence-corrected chi connectivity index (χ1v) is 7.03. The van der Waals surface area contributed by atoms with E-state index in [0.29, 0.717) is 5.16 Å². The zero-order valence-electron chi connectivity index (χ0n) is 11.4. The van der Waals surface area contributed by atoms with Crippen LogP contribution in [0.2, 0.25) is 0 Å². The van der Waals surface area contributed by atoms with E-state index in [0.717, 1.165) is 13.3 Å². The summed E-state index contributed by atoms with van der Waals surface area (Å²) in [4.78, 5) is 2.54. The number of piperidine rings is 1. The van der Waals surface area contributed by atoms with Gasteiger partial charge in [-0.15, -0.1) is 9.24 Å². The molecule has 1 aliphatic rings. The summed E-state index contributed by atoms with van der Waals surface area (Å²) in [5.74, 6) is 0.731. The van der Waals surface area contributed by atoms with Gasteiger partial charge in [-0.2, -0.15) is 0 Å². The van der Waals surface area contributed by atoms with Crippen LogP contribution in [0.1, 0.15) is 27.2 Å². The van der Waals surface area contributed by atoms with Gasteiger partial charge < -0.3 is 4.81 Å². The molecule has 0 spiro atoms. The second kappa shape index (κ2) is 6.57. The van der Waals surface area contributed by atoms with Crippen molar-refractivity contribution in [1.82, 2.24) is 4.81 Å². The Morgan fingerprint density at radius 1 is 1.59 bits per heavy atom. The molecule has 1 fully saturated rings. The molecule has 0 aromatic heterocycles. The normalized spacial score (nSPS) is 31.8. The number of nitrogens with zero attached hydrogens (tertiary/aromatic N) is 1. The van der Waals surface area contributed by atoms with Gasteiger partial charge in [-0.3, -0.25) is 0 Å². The van der Waals surface area contributed by atoms with E-state index in [-0.39, 0.29) is 0 Å². The highest BCUT2D eigenvalue weighted by Crippen LogP contribution is 2.35. The van der Waals surface area contributed by atoms with Crippen LogP contribution in [0.25, 0.3) is 0 Å². The van der Waals surface area contributed by atoms with Crippen LogP contribution in [0.3, 0.4) is 0 Å². The van der Waals surface area contributed by atoms with Crippen molar-refractivity contribution in [2.45, 2.75) is 32.3 Å². The predicted octanol–water partition coefficient (Wildman–Crippen LogP) is 2.96. The maximum absolute atomic E-state index is 3.89. The molecule has 94 valence electrons. The molecule has 1 rings (SSSR count). The van der Waals surface area contributed by atoms with E-state index in [1.807, 2.05) is 13.0 Å². The zero-order chi connectivity index (χ0) is 12.9. The highest BCUT2D eigenvalue weighted by Gasteiger charge is 2.32. The molecule has 1 heterocycles. The van der Waals surface area contributed by atoms with Crippen LogP contribution in [0.15, 0.2) is 36.4 Å². The Kier molecular flexibility index (Phi) is 5.69. The Morgan fingerprint density at radius 3 is 2.82 bits per heavy atom. The van der Waals surface area contributed by atoms with Crippen LogP contribution in [-0.4, -0.2) is 30.5 Å². The fourth-order valence-electron chi connectivity index (χ4n) is 2.14. The first-order valence-electron chi connectivity index (χ1n) is 6.45. The zero-order valence-corrected chi connectivity index (χ0v) is 12.6. The Balaban J connectivity index is 2.56. The minimum absolute atomic E-state index is 0.415. The third-order valence-electron chi connectivity index (χ3n) is 3.80. The summed E-state index contributed by atoms with van der Waals surface area (Å²) in [6.45, 7) is 13.0. The second-order valence-corrected chi connectivity index (χ2v) is 6.68. The van der Waals surface area contributed by atoms with Crippen molar-refractivity contribution in [3.8, 4) is 0 Å². The molecule has 3 atom stereocenters. The maximum Gasteiger partial charge on any atom is 0.238 e. The minimum Gasteiger partial charge on any atom is -0.341 e. The summed E-state index contributed by atoms with van der Waals surface area (Å²) in [5, 5.41) is 0.415. The second-order valence-electron chi connectivity index (χ2n) is 5.36. The lowest BCUT2D eigenvalue weighted by molar-refractivity contribution is 0.240. The lowest BCUT2D eigenvalue weighted by atomic mass is 9.75. The van der Waals surface area contributed by atoms with E-state index in [9.17, 15) is 0 Å². The smallest absolute Gasteiger partial charge is 0.238 e. The van der Waals surface area contributed by atoms with Gasteiger partial charge in [0, 0.05) is 0 Å². The molecule has 0 N–H and O–H groups in total. The van der Waals surface area contributed by atoms with E-state index in [4.69, 9.17) is 0 Å². The average Bonchev–Trinajstić information content (AvgIpc) is 2.29.